The first-order chi connectivity index (χ1) is 13.2. The van der Waals surface area contributed by atoms with Crippen LogP contribution in [0.1, 0.15) is 27.5 Å². The Kier molecular flexibility index (Phi) is 4.73. The van der Waals surface area contributed by atoms with Crippen LogP contribution in [0.15, 0.2) is 60.8 Å². The molecule has 6 nitrogen and oxygen atoms in total. The van der Waals surface area contributed by atoms with Gasteiger partial charge in [0.1, 0.15) is 0 Å². The second-order valence-electron chi connectivity index (χ2n) is 7.11. The molecule has 138 valence electrons. The number of carbonyl (C=O) groups excluding carboxylic acids is 1. The van der Waals surface area contributed by atoms with E-state index in [4.69, 9.17) is 5.73 Å². The Morgan fingerprint density at radius 1 is 1.11 bits per heavy atom. The molecule has 2 atom stereocenters. The van der Waals surface area contributed by atoms with E-state index in [2.05, 4.69) is 22.4 Å². The lowest BCUT2D eigenvalue weighted by atomic mass is 9.89. The molecule has 2 N–H and O–H groups in total. The van der Waals surface area contributed by atoms with Crippen molar-refractivity contribution in [3.05, 3.63) is 77.6 Å². The molecule has 27 heavy (non-hydrogen) atoms. The Bertz CT molecular complexity index is 919. The highest BCUT2D eigenvalue weighted by Crippen LogP contribution is 2.32. The molecule has 1 aliphatic rings. The lowest BCUT2D eigenvalue weighted by molar-refractivity contribution is 0.0780. The van der Waals surface area contributed by atoms with Crippen LogP contribution in [0.5, 0.6) is 0 Å². The van der Waals surface area contributed by atoms with Gasteiger partial charge in [0.25, 0.3) is 5.91 Å². The highest BCUT2D eigenvalue weighted by Gasteiger charge is 2.36. The molecule has 1 aliphatic heterocycles. The lowest BCUT2D eigenvalue weighted by Crippen LogP contribution is -2.30. The maximum Gasteiger partial charge on any atom is 0.276 e. The van der Waals surface area contributed by atoms with Gasteiger partial charge in [-0.05, 0) is 37.1 Å². The van der Waals surface area contributed by atoms with Crippen LogP contribution in [-0.4, -0.2) is 45.4 Å². The first-order valence-corrected chi connectivity index (χ1v) is 9.19. The van der Waals surface area contributed by atoms with Gasteiger partial charge in [-0.3, -0.25) is 4.79 Å². The van der Waals surface area contributed by atoms with E-state index in [0.29, 0.717) is 25.3 Å². The SMILES string of the molecule is Cc1ccc(-n2cc(C(=O)N3C[C@@H](CN)[C@H](c4ccccc4)C3)nn2)cc1. The summed E-state index contributed by atoms with van der Waals surface area (Å²) in [5, 5.41) is 8.22. The molecule has 0 radical (unpaired) electrons. The lowest BCUT2D eigenvalue weighted by Gasteiger charge is -2.16. The zero-order valence-corrected chi connectivity index (χ0v) is 15.3. The van der Waals surface area contributed by atoms with Crippen LogP contribution in [-0.2, 0) is 0 Å². The summed E-state index contributed by atoms with van der Waals surface area (Å²) in [7, 11) is 0. The number of nitrogens with two attached hydrogens (primary N) is 1. The summed E-state index contributed by atoms with van der Waals surface area (Å²) in [5.74, 6) is 0.418. The largest absolute Gasteiger partial charge is 0.336 e. The smallest absolute Gasteiger partial charge is 0.276 e. The monoisotopic (exact) mass is 361 g/mol. The Balaban J connectivity index is 1.52. The highest BCUT2D eigenvalue weighted by atomic mass is 16.2. The van der Waals surface area contributed by atoms with Gasteiger partial charge in [-0.1, -0.05) is 53.2 Å². The van der Waals surface area contributed by atoms with Gasteiger partial charge in [-0.15, -0.1) is 5.10 Å². The van der Waals surface area contributed by atoms with Crippen molar-refractivity contribution >= 4 is 5.91 Å². The van der Waals surface area contributed by atoms with Crippen LogP contribution in [0.25, 0.3) is 5.69 Å². The second kappa shape index (κ2) is 7.32. The number of benzene rings is 2. The van der Waals surface area contributed by atoms with Crippen molar-refractivity contribution in [1.29, 1.82) is 0 Å². The van der Waals surface area contributed by atoms with E-state index in [1.807, 2.05) is 54.3 Å². The van der Waals surface area contributed by atoms with Gasteiger partial charge in [-0.25, -0.2) is 4.68 Å². The molecule has 0 aliphatic carbocycles. The first-order valence-electron chi connectivity index (χ1n) is 9.19. The number of rotatable bonds is 4. The molecule has 3 aromatic rings. The third-order valence-electron chi connectivity index (χ3n) is 5.27. The predicted molar refractivity (Wildman–Crippen MR) is 104 cm³/mol. The number of likely N-dealkylation sites (tertiary alicyclic amines) is 1. The van der Waals surface area contributed by atoms with Crippen molar-refractivity contribution in [1.82, 2.24) is 19.9 Å². The number of hydrogen-bond acceptors (Lipinski definition) is 4. The summed E-state index contributed by atoms with van der Waals surface area (Å²) in [5.41, 5.74) is 9.63. The number of aromatic nitrogens is 3. The average molecular weight is 361 g/mol. The molecule has 0 bridgehead atoms. The molecule has 2 heterocycles. The van der Waals surface area contributed by atoms with Gasteiger partial charge in [0, 0.05) is 19.0 Å². The van der Waals surface area contributed by atoms with E-state index >= 15 is 0 Å². The predicted octanol–water partition coefficient (Wildman–Crippen LogP) is 2.39. The standard InChI is InChI=1S/C21H23N5O/c1-15-7-9-18(10-8-15)26-14-20(23-24-26)21(27)25-12-17(11-22)19(13-25)16-5-3-2-4-6-16/h2-10,14,17,19H,11-13,22H2,1H3/t17-,19+/m1/s1. The molecule has 1 aromatic heterocycles. The normalized spacial score (nSPS) is 19.4. The summed E-state index contributed by atoms with van der Waals surface area (Å²) in [6, 6.07) is 18.2. The van der Waals surface area contributed by atoms with Crippen LogP contribution in [0.3, 0.4) is 0 Å². The van der Waals surface area contributed by atoms with E-state index in [1.54, 1.807) is 10.9 Å². The summed E-state index contributed by atoms with van der Waals surface area (Å²) in [6.07, 6.45) is 1.69. The molecular formula is C21H23N5O. The third-order valence-corrected chi connectivity index (χ3v) is 5.27. The van der Waals surface area contributed by atoms with Crippen LogP contribution in [0, 0.1) is 12.8 Å². The van der Waals surface area contributed by atoms with Crippen molar-refractivity contribution in [2.75, 3.05) is 19.6 Å². The summed E-state index contributed by atoms with van der Waals surface area (Å²) < 4.78 is 1.64. The van der Waals surface area contributed by atoms with Gasteiger partial charge in [0.05, 0.1) is 11.9 Å². The number of amides is 1. The van der Waals surface area contributed by atoms with Gasteiger partial charge in [-0.2, -0.15) is 0 Å². The van der Waals surface area contributed by atoms with E-state index in [1.165, 1.54) is 11.1 Å². The fraction of sp³-hybridized carbons (Fsp3) is 0.286. The number of nitrogens with zero attached hydrogens (tertiary/aromatic N) is 4. The zero-order valence-electron chi connectivity index (χ0n) is 15.3. The van der Waals surface area contributed by atoms with E-state index in [-0.39, 0.29) is 17.7 Å². The van der Waals surface area contributed by atoms with Gasteiger partial charge < -0.3 is 10.6 Å². The second-order valence-corrected chi connectivity index (χ2v) is 7.11. The zero-order chi connectivity index (χ0) is 18.8. The molecule has 2 aromatic carbocycles. The highest BCUT2D eigenvalue weighted by molar-refractivity contribution is 5.92. The minimum atomic E-state index is -0.0924. The van der Waals surface area contributed by atoms with Crippen molar-refractivity contribution in [3.8, 4) is 5.69 Å². The Hall–Kier alpha value is -2.99. The summed E-state index contributed by atoms with van der Waals surface area (Å²) in [4.78, 5) is 14.8. The fourth-order valence-corrected chi connectivity index (χ4v) is 3.70. The number of hydrogen-bond donors (Lipinski definition) is 1. The van der Waals surface area contributed by atoms with Crippen molar-refractivity contribution in [2.45, 2.75) is 12.8 Å². The van der Waals surface area contributed by atoms with Crippen LogP contribution in [0.2, 0.25) is 0 Å². The third kappa shape index (κ3) is 3.48. The van der Waals surface area contributed by atoms with Gasteiger partial charge >= 0.3 is 0 Å². The molecule has 1 fully saturated rings. The molecule has 4 rings (SSSR count). The molecular weight excluding hydrogens is 338 g/mol. The van der Waals surface area contributed by atoms with Crippen molar-refractivity contribution in [2.24, 2.45) is 11.7 Å². The quantitative estimate of drug-likeness (QED) is 0.774. The first kappa shape index (κ1) is 17.4. The van der Waals surface area contributed by atoms with Crippen molar-refractivity contribution < 1.29 is 4.79 Å². The number of aryl methyl sites for hydroxylation is 1. The molecule has 0 spiro atoms. The summed E-state index contributed by atoms with van der Waals surface area (Å²) in [6.45, 7) is 3.89. The Labute approximate surface area is 158 Å². The molecule has 1 saturated heterocycles. The van der Waals surface area contributed by atoms with Crippen LogP contribution >= 0.6 is 0 Å². The molecule has 0 saturated carbocycles. The topological polar surface area (TPSA) is 77.0 Å². The van der Waals surface area contributed by atoms with Crippen molar-refractivity contribution in [3.63, 3.8) is 0 Å². The van der Waals surface area contributed by atoms with Gasteiger partial charge in [0.2, 0.25) is 0 Å². The maximum absolute atomic E-state index is 13.0. The number of carbonyl (C=O) groups is 1. The van der Waals surface area contributed by atoms with Crippen LogP contribution < -0.4 is 5.73 Å². The molecule has 0 unspecified atom stereocenters. The maximum atomic E-state index is 13.0. The molecule has 1 amide bonds. The van der Waals surface area contributed by atoms with E-state index < -0.39 is 0 Å². The molecule has 6 heteroatoms. The average Bonchev–Trinajstić information content (AvgIpc) is 3.36. The summed E-state index contributed by atoms with van der Waals surface area (Å²) >= 11 is 0. The minimum absolute atomic E-state index is 0.0924. The fourth-order valence-electron chi connectivity index (χ4n) is 3.70. The minimum Gasteiger partial charge on any atom is -0.336 e. The van der Waals surface area contributed by atoms with E-state index in [9.17, 15) is 4.79 Å². The Morgan fingerprint density at radius 2 is 1.85 bits per heavy atom. The van der Waals surface area contributed by atoms with Crippen LogP contribution in [0.4, 0.5) is 0 Å². The Morgan fingerprint density at radius 3 is 2.56 bits per heavy atom. The van der Waals surface area contributed by atoms with Gasteiger partial charge in [0.15, 0.2) is 5.69 Å². The van der Waals surface area contributed by atoms with E-state index in [0.717, 1.165) is 5.69 Å².